The first kappa shape index (κ1) is 20.7. The summed E-state index contributed by atoms with van der Waals surface area (Å²) in [5.41, 5.74) is 3.77. The molecule has 3 aromatic carbocycles. The third-order valence-corrected chi connectivity index (χ3v) is 5.15. The number of rotatable bonds is 5. The molecule has 0 N–H and O–H groups in total. The normalized spacial score (nSPS) is 11.5. The molecule has 4 rings (SSSR count). The molecule has 4 heteroatoms. The molecule has 0 amide bonds. The van der Waals surface area contributed by atoms with E-state index in [1.54, 1.807) is 18.2 Å². The van der Waals surface area contributed by atoms with Crippen molar-refractivity contribution >= 4 is 11.0 Å². The van der Waals surface area contributed by atoms with Crippen molar-refractivity contribution in [2.45, 2.75) is 39.7 Å². The third kappa shape index (κ3) is 4.80. The second kappa shape index (κ2) is 8.31. The van der Waals surface area contributed by atoms with E-state index >= 15 is 0 Å². The third-order valence-electron chi connectivity index (χ3n) is 5.15. The van der Waals surface area contributed by atoms with Crippen LogP contribution in [-0.2, 0) is 12.0 Å². The first-order valence-corrected chi connectivity index (χ1v) is 10.3. The summed E-state index contributed by atoms with van der Waals surface area (Å²) in [5.74, 6) is 1.39. The molecule has 0 atom stereocenters. The van der Waals surface area contributed by atoms with Gasteiger partial charge >= 0.3 is 0 Å². The molecule has 0 radical (unpaired) electrons. The van der Waals surface area contributed by atoms with E-state index in [4.69, 9.17) is 13.9 Å². The summed E-state index contributed by atoms with van der Waals surface area (Å²) in [4.78, 5) is 12.9. The van der Waals surface area contributed by atoms with Gasteiger partial charge in [-0.15, -0.1) is 0 Å². The van der Waals surface area contributed by atoms with E-state index in [-0.39, 0.29) is 16.6 Å². The van der Waals surface area contributed by atoms with E-state index in [9.17, 15) is 4.79 Å². The molecule has 0 bridgehead atoms. The predicted octanol–water partition coefficient (Wildman–Crippen LogP) is 6.77. The Hall–Kier alpha value is -3.53. The highest BCUT2D eigenvalue weighted by atomic mass is 16.5. The Balaban J connectivity index is 1.52. The molecule has 4 aromatic rings. The summed E-state index contributed by atoms with van der Waals surface area (Å²) in [6, 6.07) is 21.1. The molecule has 31 heavy (non-hydrogen) atoms. The Morgan fingerprint density at radius 3 is 2.35 bits per heavy atom. The predicted molar refractivity (Wildman–Crippen MR) is 123 cm³/mol. The van der Waals surface area contributed by atoms with E-state index < -0.39 is 0 Å². The van der Waals surface area contributed by atoms with Gasteiger partial charge in [-0.3, -0.25) is 4.79 Å². The maximum absolute atomic E-state index is 12.9. The summed E-state index contributed by atoms with van der Waals surface area (Å²) in [6.45, 7) is 8.95. The number of fused-ring (bicyclic) bond motifs is 1. The fourth-order valence-corrected chi connectivity index (χ4v) is 3.37. The maximum Gasteiger partial charge on any atom is 0.235 e. The average molecular weight is 415 g/mol. The highest BCUT2D eigenvalue weighted by Crippen LogP contribution is 2.27. The van der Waals surface area contributed by atoms with Crippen LogP contribution in [-0.4, -0.2) is 0 Å². The molecular formula is C27H26O4. The van der Waals surface area contributed by atoms with E-state index in [0.29, 0.717) is 29.1 Å². The molecule has 1 heterocycles. The highest BCUT2D eigenvalue weighted by Gasteiger charge is 2.14. The van der Waals surface area contributed by atoms with E-state index in [1.165, 1.54) is 17.4 Å². The second-order valence-electron chi connectivity index (χ2n) is 8.74. The number of benzene rings is 3. The molecule has 0 saturated carbocycles. The summed E-state index contributed by atoms with van der Waals surface area (Å²) in [7, 11) is 0. The van der Waals surface area contributed by atoms with Gasteiger partial charge in [-0.2, -0.15) is 0 Å². The quantitative estimate of drug-likeness (QED) is 0.361. The van der Waals surface area contributed by atoms with E-state index in [2.05, 4.69) is 26.8 Å². The smallest absolute Gasteiger partial charge is 0.235 e. The fraction of sp³-hybridized carbons (Fsp3) is 0.222. The minimum absolute atomic E-state index is 0.0552. The van der Waals surface area contributed by atoms with Gasteiger partial charge in [0.25, 0.3) is 0 Å². The Kier molecular flexibility index (Phi) is 5.55. The fourth-order valence-electron chi connectivity index (χ4n) is 3.37. The van der Waals surface area contributed by atoms with Crippen molar-refractivity contribution in [2.24, 2.45) is 0 Å². The van der Waals surface area contributed by atoms with Gasteiger partial charge in [0.2, 0.25) is 11.2 Å². The van der Waals surface area contributed by atoms with Crippen molar-refractivity contribution in [3.05, 3.63) is 99.9 Å². The number of ether oxygens (including phenoxy) is 2. The molecule has 0 unspecified atom stereocenters. The average Bonchev–Trinajstić information content (AvgIpc) is 2.74. The van der Waals surface area contributed by atoms with Crippen LogP contribution in [0.25, 0.3) is 11.0 Å². The van der Waals surface area contributed by atoms with Crippen molar-refractivity contribution in [2.75, 3.05) is 0 Å². The molecule has 4 nitrogen and oxygen atoms in total. The number of aryl methyl sites for hydroxylation is 1. The van der Waals surface area contributed by atoms with Crippen LogP contribution < -0.4 is 14.9 Å². The molecule has 0 saturated heterocycles. The molecule has 0 aliphatic heterocycles. The van der Waals surface area contributed by atoms with Gasteiger partial charge < -0.3 is 13.9 Å². The zero-order valence-corrected chi connectivity index (χ0v) is 18.3. The highest BCUT2D eigenvalue weighted by molar-refractivity contribution is 5.79. The van der Waals surface area contributed by atoms with Crippen LogP contribution in [0, 0.1) is 6.92 Å². The molecular weight excluding hydrogens is 388 g/mol. The standard InChI is InChI=1S/C27H26O4/c1-18-6-5-7-19(14-18)16-29-22-12-13-23-24(15-22)30-17-25(26(23)28)31-21-10-8-20(9-11-21)27(2,3)4/h5-15,17H,16H2,1-4H3. The lowest BCUT2D eigenvalue weighted by molar-refractivity contribution is 0.306. The Morgan fingerprint density at radius 2 is 1.65 bits per heavy atom. The Labute approximate surface area is 182 Å². The second-order valence-corrected chi connectivity index (χ2v) is 8.74. The lowest BCUT2D eigenvalue weighted by atomic mass is 9.87. The maximum atomic E-state index is 12.9. The largest absolute Gasteiger partial charge is 0.489 e. The summed E-state index contributed by atoms with van der Waals surface area (Å²) in [6.07, 6.45) is 1.35. The zero-order chi connectivity index (χ0) is 22.0. The number of hydrogen-bond donors (Lipinski definition) is 0. The van der Waals surface area contributed by atoms with E-state index in [0.717, 1.165) is 5.56 Å². The van der Waals surface area contributed by atoms with Gasteiger partial charge in [-0.1, -0.05) is 62.7 Å². The Morgan fingerprint density at radius 1 is 0.903 bits per heavy atom. The van der Waals surface area contributed by atoms with Gasteiger partial charge in [0.05, 0.1) is 5.39 Å². The van der Waals surface area contributed by atoms with Crippen LogP contribution >= 0.6 is 0 Å². The molecule has 0 fully saturated rings. The van der Waals surface area contributed by atoms with Crippen molar-refractivity contribution in [3.8, 4) is 17.2 Å². The van der Waals surface area contributed by atoms with Crippen LogP contribution in [0.4, 0.5) is 0 Å². The van der Waals surface area contributed by atoms with Crippen molar-refractivity contribution in [3.63, 3.8) is 0 Å². The monoisotopic (exact) mass is 414 g/mol. The van der Waals surface area contributed by atoms with Crippen LogP contribution in [0.15, 0.2) is 82.2 Å². The van der Waals surface area contributed by atoms with Gasteiger partial charge in [0.15, 0.2) is 0 Å². The van der Waals surface area contributed by atoms with Gasteiger partial charge in [-0.05, 0) is 47.7 Å². The van der Waals surface area contributed by atoms with Crippen LogP contribution in [0.3, 0.4) is 0 Å². The topological polar surface area (TPSA) is 48.7 Å². The minimum Gasteiger partial charge on any atom is -0.489 e. The number of hydrogen-bond acceptors (Lipinski definition) is 4. The molecule has 0 aliphatic carbocycles. The molecule has 0 aliphatic rings. The van der Waals surface area contributed by atoms with Crippen LogP contribution in [0.5, 0.6) is 17.2 Å². The lowest BCUT2D eigenvalue weighted by Gasteiger charge is -2.19. The minimum atomic E-state index is -0.216. The Bertz CT molecular complexity index is 1260. The van der Waals surface area contributed by atoms with Crippen molar-refractivity contribution in [1.29, 1.82) is 0 Å². The first-order valence-electron chi connectivity index (χ1n) is 10.3. The van der Waals surface area contributed by atoms with Crippen molar-refractivity contribution < 1.29 is 13.9 Å². The SMILES string of the molecule is Cc1cccc(COc2ccc3c(=O)c(Oc4ccc(C(C)(C)C)cc4)coc3c2)c1. The zero-order valence-electron chi connectivity index (χ0n) is 18.3. The van der Waals surface area contributed by atoms with Crippen LogP contribution in [0.1, 0.15) is 37.5 Å². The molecule has 158 valence electrons. The van der Waals surface area contributed by atoms with E-state index in [1.807, 2.05) is 49.4 Å². The summed E-state index contributed by atoms with van der Waals surface area (Å²) >= 11 is 0. The summed E-state index contributed by atoms with van der Waals surface area (Å²) in [5, 5.41) is 0.451. The first-order chi connectivity index (χ1) is 14.8. The van der Waals surface area contributed by atoms with Gasteiger partial charge in [0.1, 0.15) is 30.0 Å². The molecule has 1 aromatic heterocycles. The van der Waals surface area contributed by atoms with Crippen molar-refractivity contribution in [1.82, 2.24) is 0 Å². The molecule has 0 spiro atoms. The summed E-state index contributed by atoms with van der Waals surface area (Å²) < 4.78 is 17.3. The van der Waals surface area contributed by atoms with Gasteiger partial charge in [-0.25, -0.2) is 0 Å². The van der Waals surface area contributed by atoms with Crippen LogP contribution in [0.2, 0.25) is 0 Å². The van der Waals surface area contributed by atoms with Gasteiger partial charge in [0, 0.05) is 6.07 Å². The lowest BCUT2D eigenvalue weighted by Crippen LogP contribution is -2.10.